The summed E-state index contributed by atoms with van der Waals surface area (Å²) in [5.74, 6) is -0.903. The van der Waals surface area contributed by atoms with Gasteiger partial charge in [-0.25, -0.2) is 4.79 Å². The third-order valence-electron chi connectivity index (χ3n) is 3.20. The monoisotopic (exact) mass is 295 g/mol. The van der Waals surface area contributed by atoms with E-state index in [1.807, 2.05) is 18.2 Å². The van der Waals surface area contributed by atoms with Gasteiger partial charge in [0.25, 0.3) is 0 Å². The highest BCUT2D eigenvalue weighted by Gasteiger charge is 2.01. The van der Waals surface area contributed by atoms with E-state index in [0.717, 1.165) is 24.1 Å². The second-order valence-electron chi connectivity index (χ2n) is 4.90. The van der Waals surface area contributed by atoms with Crippen LogP contribution in [0.15, 0.2) is 54.7 Å². The molecule has 2 rings (SSSR count). The largest absolute Gasteiger partial charge is 0.478 e. The van der Waals surface area contributed by atoms with Gasteiger partial charge in [-0.3, -0.25) is 9.78 Å². The van der Waals surface area contributed by atoms with Crippen LogP contribution in [0.4, 0.5) is 0 Å². The van der Waals surface area contributed by atoms with Gasteiger partial charge in [-0.15, -0.1) is 0 Å². The van der Waals surface area contributed by atoms with Gasteiger partial charge in [0.2, 0.25) is 0 Å². The summed E-state index contributed by atoms with van der Waals surface area (Å²) in [4.78, 5) is 26.7. The van der Waals surface area contributed by atoms with Crippen molar-refractivity contribution in [3.63, 3.8) is 0 Å². The molecule has 112 valence electrons. The number of aromatic carboxylic acids is 1. The molecule has 4 nitrogen and oxygen atoms in total. The molecular formula is C18H17NO3. The molecule has 22 heavy (non-hydrogen) atoms. The smallest absolute Gasteiger partial charge is 0.335 e. The van der Waals surface area contributed by atoms with Crippen LogP contribution in [0.2, 0.25) is 0 Å². The van der Waals surface area contributed by atoms with Crippen molar-refractivity contribution in [3.05, 3.63) is 71.6 Å². The highest BCUT2D eigenvalue weighted by molar-refractivity contribution is 5.93. The molecule has 2 aromatic rings. The van der Waals surface area contributed by atoms with Gasteiger partial charge in [0.15, 0.2) is 5.78 Å². The molecule has 0 saturated heterocycles. The number of allylic oxidation sites excluding steroid dienone is 1. The van der Waals surface area contributed by atoms with Crippen LogP contribution in [-0.2, 0) is 11.2 Å². The van der Waals surface area contributed by atoms with E-state index in [1.165, 1.54) is 18.2 Å². The Labute approximate surface area is 129 Å². The number of nitrogens with zero attached hydrogens (tertiary/aromatic N) is 1. The number of aryl methyl sites for hydroxylation is 1. The molecule has 1 heterocycles. The van der Waals surface area contributed by atoms with Crippen LogP contribution in [0.5, 0.6) is 0 Å². The summed E-state index contributed by atoms with van der Waals surface area (Å²) in [7, 11) is 0. The van der Waals surface area contributed by atoms with E-state index < -0.39 is 5.97 Å². The minimum absolute atomic E-state index is 0.0539. The highest BCUT2D eigenvalue weighted by Crippen LogP contribution is 2.08. The summed E-state index contributed by atoms with van der Waals surface area (Å²) in [5.41, 5.74) is 2.03. The van der Waals surface area contributed by atoms with Gasteiger partial charge in [-0.2, -0.15) is 0 Å². The van der Waals surface area contributed by atoms with Gasteiger partial charge in [0.05, 0.1) is 5.56 Å². The number of carboxylic acid groups (broad SMARTS) is 1. The lowest BCUT2D eigenvalue weighted by atomic mass is 10.1. The van der Waals surface area contributed by atoms with Crippen molar-refractivity contribution < 1.29 is 14.7 Å². The maximum Gasteiger partial charge on any atom is 0.335 e. The van der Waals surface area contributed by atoms with Crippen LogP contribution in [0.3, 0.4) is 0 Å². The molecule has 0 fully saturated rings. The minimum Gasteiger partial charge on any atom is -0.478 e. The Morgan fingerprint density at radius 2 is 1.86 bits per heavy atom. The SMILES string of the molecule is O=C(/C=C/c1ccc(C(=O)O)cc1)CCCc1ccccn1. The van der Waals surface area contributed by atoms with E-state index >= 15 is 0 Å². The zero-order chi connectivity index (χ0) is 15.8. The van der Waals surface area contributed by atoms with E-state index in [0.29, 0.717) is 6.42 Å². The van der Waals surface area contributed by atoms with Gasteiger partial charge < -0.3 is 5.11 Å². The molecule has 1 N–H and O–H groups in total. The molecule has 0 bridgehead atoms. The van der Waals surface area contributed by atoms with Crippen molar-refractivity contribution in [3.8, 4) is 0 Å². The van der Waals surface area contributed by atoms with Crippen molar-refractivity contribution in [1.29, 1.82) is 0 Å². The van der Waals surface area contributed by atoms with E-state index in [-0.39, 0.29) is 11.3 Å². The summed E-state index contributed by atoms with van der Waals surface area (Å²) < 4.78 is 0. The third kappa shape index (κ3) is 4.98. The number of pyridine rings is 1. The minimum atomic E-state index is -0.957. The van der Waals surface area contributed by atoms with Gasteiger partial charge in [0, 0.05) is 18.3 Å². The molecule has 0 aliphatic carbocycles. The second kappa shape index (κ2) is 7.88. The Balaban J connectivity index is 1.80. The summed E-state index contributed by atoms with van der Waals surface area (Å²) in [5, 5.41) is 8.81. The number of hydrogen-bond donors (Lipinski definition) is 1. The van der Waals surface area contributed by atoms with Crippen molar-refractivity contribution >= 4 is 17.8 Å². The van der Waals surface area contributed by atoms with Crippen molar-refractivity contribution in [2.24, 2.45) is 0 Å². The predicted molar refractivity (Wildman–Crippen MR) is 84.6 cm³/mol. The topological polar surface area (TPSA) is 67.3 Å². The molecule has 4 heteroatoms. The molecule has 0 aliphatic rings. The number of aromatic nitrogens is 1. The first-order valence-electron chi connectivity index (χ1n) is 7.09. The molecular weight excluding hydrogens is 278 g/mol. The van der Waals surface area contributed by atoms with Crippen molar-refractivity contribution in [2.75, 3.05) is 0 Å². The molecule has 0 saturated carbocycles. The summed E-state index contributed by atoms with van der Waals surface area (Å²) in [6.45, 7) is 0. The fourth-order valence-electron chi connectivity index (χ4n) is 2.00. The fraction of sp³-hybridized carbons (Fsp3) is 0.167. The second-order valence-corrected chi connectivity index (χ2v) is 4.90. The quantitative estimate of drug-likeness (QED) is 0.795. The van der Waals surface area contributed by atoms with Crippen LogP contribution in [0.25, 0.3) is 6.08 Å². The Bertz CT molecular complexity index is 660. The van der Waals surface area contributed by atoms with Gasteiger partial charge in [0.1, 0.15) is 0 Å². The first-order valence-corrected chi connectivity index (χ1v) is 7.09. The molecule has 0 unspecified atom stereocenters. The molecule has 0 radical (unpaired) electrons. The maximum atomic E-state index is 11.8. The Hall–Kier alpha value is -2.75. The zero-order valence-electron chi connectivity index (χ0n) is 12.1. The van der Waals surface area contributed by atoms with Gasteiger partial charge >= 0.3 is 5.97 Å². The maximum absolute atomic E-state index is 11.8. The standard InChI is InChI=1S/C18H17NO3/c20-17(6-3-5-16-4-1-2-13-19-16)12-9-14-7-10-15(11-8-14)18(21)22/h1-2,4,7-13H,3,5-6H2,(H,21,22)/b12-9+. The van der Waals surface area contributed by atoms with Crippen LogP contribution >= 0.6 is 0 Å². The van der Waals surface area contributed by atoms with Crippen molar-refractivity contribution in [2.45, 2.75) is 19.3 Å². The number of benzene rings is 1. The highest BCUT2D eigenvalue weighted by atomic mass is 16.4. The Morgan fingerprint density at radius 1 is 1.09 bits per heavy atom. The third-order valence-corrected chi connectivity index (χ3v) is 3.20. The average Bonchev–Trinajstić information content (AvgIpc) is 2.54. The van der Waals surface area contributed by atoms with E-state index in [4.69, 9.17) is 5.11 Å². The Morgan fingerprint density at radius 3 is 2.50 bits per heavy atom. The normalized spacial score (nSPS) is 10.7. The lowest BCUT2D eigenvalue weighted by Gasteiger charge is -1.98. The fourth-order valence-corrected chi connectivity index (χ4v) is 2.00. The number of carboxylic acids is 1. The number of carbonyl (C=O) groups excluding carboxylic acids is 1. The van der Waals surface area contributed by atoms with Crippen LogP contribution in [-0.4, -0.2) is 21.8 Å². The Kier molecular flexibility index (Phi) is 5.60. The number of hydrogen-bond acceptors (Lipinski definition) is 3. The first-order chi connectivity index (χ1) is 10.6. The molecule has 0 amide bonds. The number of rotatable bonds is 7. The van der Waals surface area contributed by atoms with Gasteiger partial charge in [-0.05, 0) is 48.7 Å². The molecule has 1 aromatic carbocycles. The summed E-state index contributed by atoms with van der Waals surface area (Å²) in [6, 6.07) is 12.2. The lowest BCUT2D eigenvalue weighted by Crippen LogP contribution is -1.96. The molecule has 1 aromatic heterocycles. The molecule has 0 spiro atoms. The zero-order valence-corrected chi connectivity index (χ0v) is 12.1. The van der Waals surface area contributed by atoms with Gasteiger partial charge in [-0.1, -0.05) is 24.3 Å². The molecule has 0 atom stereocenters. The summed E-state index contributed by atoms with van der Waals surface area (Å²) in [6.07, 6.45) is 7.01. The van der Waals surface area contributed by atoms with Crippen LogP contribution in [0.1, 0.15) is 34.5 Å². The predicted octanol–water partition coefficient (Wildman–Crippen LogP) is 3.39. The first kappa shape index (κ1) is 15.6. The van der Waals surface area contributed by atoms with Crippen molar-refractivity contribution in [1.82, 2.24) is 4.98 Å². The van der Waals surface area contributed by atoms with Crippen LogP contribution < -0.4 is 0 Å². The van der Waals surface area contributed by atoms with E-state index in [9.17, 15) is 9.59 Å². The molecule has 0 aliphatic heterocycles. The van der Waals surface area contributed by atoms with E-state index in [1.54, 1.807) is 24.4 Å². The number of ketones is 1. The average molecular weight is 295 g/mol. The van der Waals surface area contributed by atoms with Crippen LogP contribution in [0, 0.1) is 0 Å². The number of carbonyl (C=O) groups is 2. The summed E-state index contributed by atoms with van der Waals surface area (Å²) >= 11 is 0. The lowest BCUT2D eigenvalue weighted by molar-refractivity contribution is -0.114. The van der Waals surface area contributed by atoms with E-state index in [2.05, 4.69) is 4.98 Å².